The van der Waals surface area contributed by atoms with E-state index < -0.39 is 0 Å². The number of hydrogen-bond acceptors (Lipinski definition) is 3. The van der Waals surface area contributed by atoms with Crippen LogP contribution in [0, 0.1) is 12.7 Å². The Balaban J connectivity index is 1.51. The van der Waals surface area contributed by atoms with Crippen LogP contribution in [0.2, 0.25) is 0 Å². The molecular formula is C28H31FN4O. The lowest BCUT2D eigenvalue weighted by molar-refractivity contribution is 0.0967. The highest BCUT2D eigenvalue weighted by Gasteiger charge is 2.22. The predicted molar refractivity (Wildman–Crippen MR) is 135 cm³/mol. The van der Waals surface area contributed by atoms with Gasteiger partial charge in [-0.1, -0.05) is 55.0 Å². The second-order valence-electron chi connectivity index (χ2n) is 8.63. The number of rotatable bonds is 5. The van der Waals surface area contributed by atoms with Gasteiger partial charge in [0.05, 0.1) is 5.69 Å². The summed E-state index contributed by atoms with van der Waals surface area (Å²) in [5, 5.41) is 3.04. The second kappa shape index (κ2) is 11.1. The van der Waals surface area contributed by atoms with E-state index in [0.717, 1.165) is 30.8 Å². The van der Waals surface area contributed by atoms with E-state index in [1.54, 1.807) is 6.07 Å². The molecule has 1 aliphatic rings. The third-order valence-corrected chi connectivity index (χ3v) is 6.12. The van der Waals surface area contributed by atoms with Gasteiger partial charge in [-0.25, -0.2) is 9.38 Å². The molecule has 3 aromatic rings. The van der Waals surface area contributed by atoms with Crippen LogP contribution in [-0.2, 0) is 13.0 Å². The smallest absolute Gasteiger partial charge is 0.257 e. The topological polar surface area (TPSA) is 47.9 Å². The lowest BCUT2D eigenvalue weighted by atomic mass is 10.1. The maximum Gasteiger partial charge on any atom is 0.257 e. The lowest BCUT2D eigenvalue weighted by Crippen LogP contribution is -2.53. The van der Waals surface area contributed by atoms with E-state index in [0.29, 0.717) is 36.7 Å². The first-order valence-corrected chi connectivity index (χ1v) is 11.8. The number of piperazine rings is 1. The largest absolute Gasteiger partial charge is 0.340 e. The first-order chi connectivity index (χ1) is 16.5. The molecule has 0 aromatic heterocycles. The molecule has 0 saturated carbocycles. The first kappa shape index (κ1) is 23.6. The molecule has 1 aliphatic heterocycles. The fraction of sp³-hybridized carbons (Fsp3) is 0.286. The van der Waals surface area contributed by atoms with E-state index in [-0.39, 0.29) is 11.7 Å². The van der Waals surface area contributed by atoms with Crippen molar-refractivity contribution < 1.29 is 9.18 Å². The van der Waals surface area contributed by atoms with Crippen LogP contribution in [0.4, 0.5) is 10.1 Å². The number of carbonyl (C=O) groups is 1. The molecule has 5 nitrogen and oxygen atoms in total. The predicted octanol–water partition coefficient (Wildman–Crippen LogP) is 4.93. The summed E-state index contributed by atoms with van der Waals surface area (Å²) in [6, 6.07) is 22.5. The van der Waals surface area contributed by atoms with E-state index in [2.05, 4.69) is 28.1 Å². The zero-order valence-corrected chi connectivity index (χ0v) is 19.8. The first-order valence-electron chi connectivity index (χ1n) is 11.8. The highest BCUT2D eigenvalue weighted by Crippen LogP contribution is 2.17. The van der Waals surface area contributed by atoms with Gasteiger partial charge in [0.25, 0.3) is 5.91 Å². The summed E-state index contributed by atoms with van der Waals surface area (Å²) in [6.45, 7) is 7.56. The maximum absolute atomic E-state index is 14.1. The third kappa shape index (κ3) is 6.08. The zero-order valence-electron chi connectivity index (χ0n) is 19.8. The highest BCUT2D eigenvalue weighted by atomic mass is 19.1. The minimum atomic E-state index is -0.181. The molecule has 1 saturated heterocycles. The van der Waals surface area contributed by atoms with Crippen LogP contribution in [0.5, 0.6) is 0 Å². The van der Waals surface area contributed by atoms with Gasteiger partial charge >= 0.3 is 0 Å². The monoisotopic (exact) mass is 458 g/mol. The lowest BCUT2D eigenvalue weighted by Gasteiger charge is -2.36. The Morgan fingerprint density at radius 1 is 0.971 bits per heavy atom. The third-order valence-electron chi connectivity index (χ3n) is 6.12. The summed E-state index contributed by atoms with van der Waals surface area (Å²) in [4.78, 5) is 22.2. The van der Waals surface area contributed by atoms with E-state index >= 15 is 0 Å². The van der Waals surface area contributed by atoms with Crippen LogP contribution in [0.15, 0.2) is 77.8 Å². The Morgan fingerprint density at radius 3 is 2.41 bits per heavy atom. The Labute approximate surface area is 200 Å². The molecule has 0 spiro atoms. The molecule has 1 fully saturated rings. The Kier molecular flexibility index (Phi) is 7.70. The molecular weight excluding hydrogens is 427 g/mol. The molecule has 1 amide bonds. The number of carbonyl (C=O) groups excluding carboxylic acids is 1. The van der Waals surface area contributed by atoms with E-state index in [4.69, 9.17) is 4.99 Å². The van der Waals surface area contributed by atoms with Gasteiger partial charge in [-0.2, -0.15) is 0 Å². The molecule has 0 atom stereocenters. The van der Waals surface area contributed by atoms with Crippen LogP contribution in [0.25, 0.3) is 0 Å². The summed E-state index contributed by atoms with van der Waals surface area (Å²) >= 11 is 0. The van der Waals surface area contributed by atoms with E-state index in [9.17, 15) is 9.18 Å². The second-order valence-corrected chi connectivity index (χ2v) is 8.63. The molecule has 0 aliphatic carbocycles. The molecule has 6 heteroatoms. The van der Waals surface area contributed by atoms with Gasteiger partial charge in [0.2, 0.25) is 5.96 Å². The SMILES string of the molecule is CCc1cccc(N=C(NC(=O)c2ccc(C)cc2)N2CCN(Cc3ccccc3F)CC2)c1. The maximum atomic E-state index is 14.1. The van der Waals surface area contributed by atoms with Gasteiger partial charge in [-0.05, 0) is 49.2 Å². The number of hydrogen-bond donors (Lipinski definition) is 1. The van der Waals surface area contributed by atoms with Crippen molar-refractivity contribution in [1.82, 2.24) is 15.1 Å². The quantitative estimate of drug-likeness (QED) is 0.436. The zero-order chi connectivity index (χ0) is 23.9. The molecule has 176 valence electrons. The molecule has 0 unspecified atom stereocenters. The fourth-order valence-electron chi connectivity index (χ4n) is 4.01. The Morgan fingerprint density at radius 2 is 1.71 bits per heavy atom. The molecule has 34 heavy (non-hydrogen) atoms. The molecule has 3 aromatic carbocycles. The average Bonchev–Trinajstić information content (AvgIpc) is 2.86. The Hall–Kier alpha value is -3.51. The highest BCUT2D eigenvalue weighted by molar-refractivity contribution is 6.06. The standard InChI is InChI=1S/C28H31FN4O/c1-3-22-7-6-9-25(19-22)30-28(31-27(34)23-13-11-21(2)12-14-23)33-17-15-32(16-18-33)20-24-8-4-5-10-26(24)29/h4-14,19H,3,15-18,20H2,1-2H3,(H,30,31,34). The fourth-order valence-corrected chi connectivity index (χ4v) is 4.01. The normalized spacial score (nSPS) is 14.8. The van der Waals surface area contributed by atoms with Gasteiger partial charge in [0.1, 0.15) is 5.82 Å². The number of nitrogens with zero attached hydrogens (tertiary/aromatic N) is 3. The van der Waals surface area contributed by atoms with Crippen LogP contribution >= 0.6 is 0 Å². The summed E-state index contributed by atoms with van der Waals surface area (Å²) in [7, 11) is 0. The van der Waals surface area contributed by atoms with Crippen LogP contribution in [0.1, 0.15) is 34.0 Å². The average molecular weight is 459 g/mol. The summed E-state index contributed by atoms with van der Waals surface area (Å²) in [6.07, 6.45) is 0.920. The summed E-state index contributed by atoms with van der Waals surface area (Å²) in [5.41, 5.74) is 4.41. The van der Waals surface area contributed by atoms with E-state index in [1.807, 2.05) is 61.5 Å². The van der Waals surface area contributed by atoms with Crippen molar-refractivity contribution in [3.05, 3.63) is 101 Å². The molecule has 0 bridgehead atoms. The van der Waals surface area contributed by atoms with E-state index in [1.165, 1.54) is 11.6 Å². The van der Waals surface area contributed by atoms with Crippen molar-refractivity contribution in [2.24, 2.45) is 4.99 Å². The number of guanidine groups is 1. The number of aryl methyl sites for hydroxylation is 2. The van der Waals surface area contributed by atoms with Crippen LogP contribution in [-0.4, -0.2) is 47.8 Å². The van der Waals surface area contributed by atoms with Crippen molar-refractivity contribution >= 4 is 17.6 Å². The van der Waals surface area contributed by atoms with Crippen molar-refractivity contribution in [2.45, 2.75) is 26.8 Å². The van der Waals surface area contributed by atoms with Gasteiger partial charge in [-0.15, -0.1) is 0 Å². The van der Waals surface area contributed by atoms with Crippen LogP contribution < -0.4 is 5.32 Å². The van der Waals surface area contributed by atoms with Gasteiger partial charge < -0.3 is 4.90 Å². The number of amides is 1. The molecule has 4 rings (SSSR count). The van der Waals surface area contributed by atoms with Crippen molar-refractivity contribution in [3.63, 3.8) is 0 Å². The number of benzene rings is 3. The van der Waals surface area contributed by atoms with Crippen molar-refractivity contribution in [3.8, 4) is 0 Å². The molecule has 0 radical (unpaired) electrons. The van der Waals surface area contributed by atoms with Crippen LogP contribution in [0.3, 0.4) is 0 Å². The van der Waals surface area contributed by atoms with Gasteiger partial charge in [-0.3, -0.25) is 15.0 Å². The van der Waals surface area contributed by atoms with Crippen molar-refractivity contribution in [1.29, 1.82) is 0 Å². The van der Waals surface area contributed by atoms with Gasteiger partial charge in [0.15, 0.2) is 0 Å². The summed E-state index contributed by atoms with van der Waals surface area (Å²) in [5.74, 6) is 0.192. The minimum absolute atomic E-state index is 0.173. The number of aliphatic imine (C=N–C) groups is 1. The minimum Gasteiger partial charge on any atom is -0.340 e. The molecule has 1 N–H and O–H groups in total. The Bertz CT molecular complexity index is 1150. The summed E-state index contributed by atoms with van der Waals surface area (Å²) < 4.78 is 14.1. The molecule has 1 heterocycles. The van der Waals surface area contributed by atoms with Gasteiger partial charge in [0, 0.05) is 43.9 Å². The van der Waals surface area contributed by atoms with Crippen molar-refractivity contribution in [2.75, 3.05) is 26.2 Å². The number of halogens is 1. The number of nitrogens with one attached hydrogen (secondary N) is 1.